The second-order valence-electron chi connectivity index (χ2n) is 7.83. The summed E-state index contributed by atoms with van der Waals surface area (Å²) in [6.45, 7) is 5.85. The zero-order valence-electron chi connectivity index (χ0n) is 17.3. The maximum absolute atomic E-state index is 12.6. The number of methoxy groups -OCH3 is 1. The molecule has 2 heterocycles. The van der Waals surface area contributed by atoms with Gasteiger partial charge in [-0.2, -0.15) is 0 Å². The van der Waals surface area contributed by atoms with E-state index in [-0.39, 0.29) is 12.0 Å². The Bertz CT molecular complexity index is 838. The van der Waals surface area contributed by atoms with Gasteiger partial charge in [0.1, 0.15) is 23.4 Å². The summed E-state index contributed by atoms with van der Waals surface area (Å²) in [5.74, 6) is 2.36. The van der Waals surface area contributed by atoms with Gasteiger partial charge in [0.25, 0.3) is 5.91 Å². The fraction of sp³-hybridized carbons (Fsp3) is 0.545. The standard InChI is InChI=1S/C22H30N4O3/c1-3-26-13-10-23-21(26)15-25-11-8-17(9-12-25)29-20-14-18(28-2)6-7-19(20)22(27)24-16-4-5-16/h6-7,10,13-14,16-17H,3-5,8-9,11-12,15H2,1-2H3,(H,24,27). The molecule has 7 nitrogen and oxygen atoms in total. The molecule has 4 rings (SSSR count). The van der Waals surface area contributed by atoms with E-state index in [1.165, 1.54) is 0 Å². The van der Waals surface area contributed by atoms with E-state index >= 15 is 0 Å². The van der Waals surface area contributed by atoms with Gasteiger partial charge < -0.3 is 19.4 Å². The van der Waals surface area contributed by atoms with E-state index in [1.54, 1.807) is 13.2 Å². The van der Waals surface area contributed by atoms with Crippen LogP contribution >= 0.6 is 0 Å². The molecule has 2 aromatic rings. The first-order chi connectivity index (χ1) is 14.2. The lowest BCUT2D eigenvalue weighted by Gasteiger charge is -2.32. The Labute approximate surface area is 172 Å². The average Bonchev–Trinajstić information content (AvgIpc) is 3.44. The zero-order chi connectivity index (χ0) is 20.2. The Morgan fingerprint density at radius 2 is 2.03 bits per heavy atom. The van der Waals surface area contributed by atoms with Gasteiger partial charge in [0.05, 0.1) is 19.2 Å². The van der Waals surface area contributed by atoms with Crippen molar-refractivity contribution in [1.82, 2.24) is 19.8 Å². The molecule has 1 N–H and O–H groups in total. The normalized spacial score (nSPS) is 17.9. The molecule has 0 bridgehead atoms. The van der Waals surface area contributed by atoms with Gasteiger partial charge in [-0.3, -0.25) is 9.69 Å². The van der Waals surface area contributed by atoms with Crippen LogP contribution in [0.4, 0.5) is 0 Å². The van der Waals surface area contributed by atoms with Crippen molar-refractivity contribution in [2.24, 2.45) is 0 Å². The SMILES string of the molecule is CCn1ccnc1CN1CCC(Oc2cc(OC)ccc2C(=O)NC2CC2)CC1. The van der Waals surface area contributed by atoms with Gasteiger partial charge in [0.2, 0.25) is 0 Å². The fourth-order valence-corrected chi connectivity index (χ4v) is 3.75. The molecule has 7 heteroatoms. The number of rotatable bonds is 8. The highest BCUT2D eigenvalue weighted by Gasteiger charge is 2.27. The second-order valence-corrected chi connectivity index (χ2v) is 7.83. The summed E-state index contributed by atoms with van der Waals surface area (Å²) >= 11 is 0. The van der Waals surface area contributed by atoms with Crippen LogP contribution in [0.1, 0.15) is 48.8 Å². The van der Waals surface area contributed by atoms with Crippen LogP contribution in [0, 0.1) is 0 Å². The zero-order valence-corrected chi connectivity index (χ0v) is 17.3. The van der Waals surface area contributed by atoms with E-state index in [1.807, 2.05) is 24.5 Å². The number of piperidine rings is 1. The molecule has 0 unspecified atom stereocenters. The van der Waals surface area contributed by atoms with Crippen molar-refractivity contribution >= 4 is 5.91 Å². The maximum atomic E-state index is 12.6. The number of aryl methyl sites for hydroxylation is 1. The molecule has 1 saturated carbocycles. The van der Waals surface area contributed by atoms with Crippen LogP contribution in [0.2, 0.25) is 0 Å². The summed E-state index contributed by atoms with van der Waals surface area (Å²) < 4.78 is 13.8. The van der Waals surface area contributed by atoms with Crippen molar-refractivity contribution in [3.63, 3.8) is 0 Å². The summed E-state index contributed by atoms with van der Waals surface area (Å²) in [7, 11) is 1.63. The summed E-state index contributed by atoms with van der Waals surface area (Å²) in [4.78, 5) is 19.5. The van der Waals surface area contributed by atoms with Crippen LogP contribution in [0.15, 0.2) is 30.6 Å². The molecule has 1 aliphatic carbocycles. The van der Waals surface area contributed by atoms with Crippen molar-refractivity contribution in [1.29, 1.82) is 0 Å². The van der Waals surface area contributed by atoms with Crippen LogP contribution in [-0.4, -0.2) is 52.7 Å². The van der Waals surface area contributed by atoms with Crippen molar-refractivity contribution in [3.8, 4) is 11.5 Å². The van der Waals surface area contributed by atoms with Crippen LogP contribution in [0.5, 0.6) is 11.5 Å². The minimum atomic E-state index is -0.0611. The van der Waals surface area contributed by atoms with Gasteiger partial charge in [-0.25, -0.2) is 4.98 Å². The highest BCUT2D eigenvalue weighted by molar-refractivity contribution is 5.97. The number of nitrogens with zero attached hydrogens (tertiary/aromatic N) is 3. The first kappa shape index (κ1) is 19.8. The molecule has 156 valence electrons. The lowest BCUT2D eigenvalue weighted by Crippen LogP contribution is -2.38. The van der Waals surface area contributed by atoms with E-state index in [4.69, 9.17) is 9.47 Å². The lowest BCUT2D eigenvalue weighted by atomic mass is 10.1. The van der Waals surface area contributed by atoms with Gasteiger partial charge in [0.15, 0.2) is 0 Å². The van der Waals surface area contributed by atoms with E-state index in [2.05, 4.69) is 26.7 Å². The van der Waals surface area contributed by atoms with E-state index in [0.717, 1.165) is 57.7 Å². The Balaban J connectivity index is 1.37. The van der Waals surface area contributed by atoms with Crippen molar-refractivity contribution < 1.29 is 14.3 Å². The minimum absolute atomic E-state index is 0.0611. The largest absolute Gasteiger partial charge is 0.497 e. The molecule has 1 amide bonds. The number of nitrogens with one attached hydrogen (secondary N) is 1. The number of carbonyl (C=O) groups is 1. The molecule has 1 aliphatic heterocycles. The summed E-state index contributed by atoms with van der Waals surface area (Å²) in [6.07, 6.45) is 7.96. The number of imidazole rings is 1. The number of carbonyl (C=O) groups excluding carboxylic acids is 1. The first-order valence-corrected chi connectivity index (χ1v) is 10.5. The van der Waals surface area contributed by atoms with Gasteiger partial charge >= 0.3 is 0 Å². The Kier molecular flexibility index (Phi) is 6.04. The molecule has 2 fully saturated rings. The van der Waals surface area contributed by atoms with E-state index < -0.39 is 0 Å². The number of hydrogen-bond acceptors (Lipinski definition) is 5. The molecule has 0 radical (unpaired) electrons. The summed E-state index contributed by atoms with van der Waals surface area (Å²) in [5.41, 5.74) is 0.588. The predicted octanol–water partition coefficient (Wildman–Crippen LogP) is 2.85. The Hall–Kier alpha value is -2.54. The summed E-state index contributed by atoms with van der Waals surface area (Å²) in [5, 5.41) is 3.05. The van der Waals surface area contributed by atoms with Crippen LogP contribution in [0.25, 0.3) is 0 Å². The molecule has 1 saturated heterocycles. The number of ether oxygens (including phenoxy) is 2. The Morgan fingerprint density at radius 3 is 2.72 bits per heavy atom. The molecular weight excluding hydrogens is 368 g/mol. The molecule has 2 aliphatic rings. The lowest BCUT2D eigenvalue weighted by molar-refractivity contribution is 0.0880. The van der Waals surface area contributed by atoms with Crippen LogP contribution < -0.4 is 14.8 Å². The molecule has 1 aromatic carbocycles. The number of amides is 1. The van der Waals surface area contributed by atoms with Crippen LogP contribution in [-0.2, 0) is 13.1 Å². The number of likely N-dealkylation sites (tertiary alicyclic amines) is 1. The first-order valence-electron chi connectivity index (χ1n) is 10.5. The number of aromatic nitrogens is 2. The van der Waals surface area contributed by atoms with Crippen molar-refractivity contribution in [3.05, 3.63) is 42.0 Å². The van der Waals surface area contributed by atoms with E-state index in [0.29, 0.717) is 23.1 Å². The second kappa shape index (κ2) is 8.86. The molecule has 29 heavy (non-hydrogen) atoms. The predicted molar refractivity (Wildman–Crippen MR) is 110 cm³/mol. The maximum Gasteiger partial charge on any atom is 0.255 e. The summed E-state index contributed by atoms with van der Waals surface area (Å²) in [6, 6.07) is 5.75. The topological polar surface area (TPSA) is 68.6 Å². The highest BCUT2D eigenvalue weighted by atomic mass is 16.5. The smallest absolute Gasteiger partial charge is 0.255 e. The van der Waals surface area contributed by atoms with Crippen molar-refractivity contribution in [2.75, 3.05) is 20.2 Å². The third-order valence-corrected chi connectivity index (χ3v) is 5.68. The molecule has 1 aromatic heterocycles. The highest BCUT2D eigenvalue weighted by Crippen LogP contribution is 2.29. The third kappa shape index (κ3) is 4.90. The van der Waals surface area contributed by atoms with Gasteiger partial charge in [-0.05, 0) is 44.7 Å². The monoisotopic (exact) mass is 398 g/mol. The minimum Gasteiger partial charge on any atom is -0.497 e. The van der Waals surface area contributed by atoms with Crippen molar-refractivity contribution in [2.45, 2.75) is 57.8 Å². The number of hydrogen-bond donors (Lipinski definition) is 1. The Morgan fingerprint density at radius 1 is 1.24 bits per heavy atom. The molecule has 0 atom stereocenters. The number of benzene rings is 1. The quantitative estimate of drug-likeness (QED) is 0.741. The van der Waals surface area contributed by atoms with Gasteiger partial charge in [-0.15, -0.1) is 0 Å². The van der Waals surface area contributed by atoms with Crippen LogP contribution in [0.3, 0.4) is 0 Å². The van der Waals surface area contributed by atoms with E-state index in [9.17, 15) is 4.79 Å². The molecule has 0 spiro atoms. The average molecular weight is 399 g/mol. The fourth-order valence-electron chi connectivity index (χ4n) is 3.75. The third-order valence-electron chi connectivity index (χ3n) is 5.68. The molecular formula is C22H30N4O3. The van der Waals surface area contributed by atoms with Gasteiger partial charge in [-0.1, -0.05) is 0 Å². The van der Waals surface area contributed by atoms with Gasteiger partial charge in [0, 0.05) is 44.1 Å².